The number of carbonyl (C=O) groups excluding carboxylic acids is 3. The number of esters is 1. The Kier molecular flexibility index (Phi) is 5.61. The largest absolute Gasteiger partial charge is 0.453 e. The maximum atomic E-state index is 12.3. The van der Waals surface area contributed by atoms with Gasteiger partial charge in [0.15, 0.2) is 12.4 Å². The van der Waals surface area contributed by atoms with Gasteiger partial charge in [0.05, 0.1) is 0 Å². The molecule has 0 bridgehead atoms. The zero-order chi connectivity index (χ0) is 20.3. The van der Waals surface area contributed by atoms with E-state index in [1.807, 2.05) is 45.0 Å². The second-order valence-corrected chi connectivity index (χ2v) is 8.51. The first-order valence-corrected chi connectivity index (χ1v) is 9.66. The number of carbonyl (C=O) groups is 3. The number of benzene rings is 2. The van der Waals surface area contributed by atoms with Crippen LogP contribution in [0.3, 0.4) is 0 Å². The third-order valence-electron chi connectivity index (χ3n) is 4.11. The molecule has 0 spiro atoms. The summed E-state index contributed by atoms with van der Waals surface area (Å²) in [5.74, 6) is -0.921. The molecule has 5 nitrogen and oxygen atoms in total. The van der Waals surface area contributed by atoms with Crippen molar-refractivity contribution in [2.24, 2.45) is 5.41 Å². The fourth-order valence-electron chi connectivity index (χ4n) is 2.43. The van der Waals surface area contributed by atoms with Crippen molar-refractivity contribution in [2.45, 2.75) is 20.8 Å². The molecule has 0 saturated carbocycles. The number of fused-ring (bicyclic) bond motifs is 1. The van der Waals surface area contributed by atoms with E-state index in [9.17, 15) is 14.4 Å². The lowest BCUT2D eigenvalue weighted by atomic mass is 9.95. The van der Waals surface area contributed by atoms with Crippen LogP contribution in [-0.4, -0.2) is 24.3 Å². The highest BCUT2D eigenvalue weighted by molar-refractivity contribution is 7.20. The lowest BCUT2D eigenvalue weighted by molar-refractivity contribution is -0.123. The van der Waals surface area contributed by atoms with Crippen LogP contribution in [-0.2, 0) is 9.53 Å². The van der Waals surface area contributed by atoms with Gasteiger partial charge in [-0.1, -0.05) is 39.0 Å². The topological polar surface area (TPSA) is 72.5 Å². The minimum atomic E-state index is -0.511. The number of hydrogen-bond donors (Lipinski definition) is 1. The summed E-state index contributed by atoms with van der Waals surface area (Å²) < 4.78 is 6.16. The van der Waals surface area contributed by atoms with Gasteiger partial charge >= 0.3 is 5.97 Å². The summed E-state index contributed by atoms with van der Waals surface area (Å²) in [6, 6.07) is 16.0. The van der Waals surface area contributed by atoms with Gasteiger partial charge < -0.3 is 10.1 Å². The van der Waals surface area contributed by atoms with E-state index < -0.39 is 11.4 Å². The van der Waals surface area contributed by atoms with Gasteiger partial charge in [0.2, 0.25) is 5.91 Å². The maximum absolute atomic E-state index is 12.3. The van der Waals surface area contributed by atoms with E-state index in [0.717, 1.165) is 10.1 Å². The molecule has 1 aromatic heterocycles. The van der Waals surface area contributed by atoms with Crippen molar-refractivity contribution in [3.63, 3.8) is 0 Å². The third-order valence-corrected chi connectivity index (χ3v) is 5.20. The van der Waals surface area contributed by atoms with Crippen molar-refractivity contribution in [3.8, 4) is 0 Å². The molecule has 1 heterocycles. The molecule has 1 N–H and O–H groups in total. The third kappa shape index (κ3) is 4.64. The summed E-state index contributed by atoms with van der Waals surface area (Å²) >= 11 is 1.34. The Bertz CT molecular complexity index is 996. The zero-order valence-electron chi connectivity index (χ0n) is 15.9. The summed E-state index contributed by atoms with van der Waals surface area (Å²) in [6.07, 6.45) is 0. The summed E-state index contributed by atoms with van der Waals surface area (Å²) in [4.78, 5) is 37.0. The monoisotopic (exact) mass is 395 g/mol. The first-order chi connectivity index (χ1) is 13.2. The highest BCUT2D eigenvalue weighted by atomic mass is 32.1. The quantitative estimate of drug-likeness (QED) is 0.491. The molecule has 0 radical (unpaired) electrons. The lowest BCUT2D eigenvalue weighted by Crippen LogP contribution is -2.27. The van der Waals surface area contributed by atoms with Gasteiger partial charge in [-0.15, -0.1) is 11.3 Å². The summed E-state index contributed by atoms with van der Waals surface area (Å²) in [5, 5.41) is 3.77. The van der Waals surface area contributed by atoms with E-state index in [1.165, 1.54) is 11.3 Å². The maximum Gasteiger partial charge on any atom is 0.348 e. The molecule has 1 amide bonds. The van der Waals surface area contributed by atoms with Gasteiger partial charge in [-0.2, -0.15) is 0 Å². The van der Waals surface area contributed by atoms with Crippen molar-refractivity contribution in [1.82, 2.24) is 0 Å². The van der Waals surface area contributed by atoms with Crippen LogP contribution in [0.15, 0.2) is 54.6 Å². The van der Waals surface area contributed by atoms with Crippen molar-refractivity contribution in [3.05, 3.63) is 65.0 Å². The molecular weight excluding hydrogens is 374 g/mol. The Hall–Kier alpha value is -2.99. The molecule has 3 aromatic rings. The highest BCUT2D eigenvalue weighted by Crippen LogP contribution is 2.25. The Labute approximate surface area is 167 Å². The number of ether oxygens (including phenoxy) is 1. The smallest absolute Gasteiger partial charge is 0.348 e. The molecule has 6 heteroatoms. The molecule has 0 saturated heterocycles. The first-order valence-electron chi connectivity index (χ1n) is 8.84. The SMILES string of the molecule is CC(C)(C)C(=O)Nc1ccc(C(=O)COC(=O)c2cc3ccccc3s2)cc1. The zero-order valence-corrected chi connectivity index (χ0v) is 16.8. The van der Waals surface area contributed by atoms with E-state index >= 15 is 0 Å². The number of Topliss-reactive ketones (excluding diaryl/α,β-unsaturated/α-hetero) is 1. The molecule has 2 aromatic carbocycles. The van der Waals surface area contributed by atoms with Crippen LogP contribution in [0, 0.1) is 5.41 Å². The van der Waals surface area contributed by atoms with Crippen LogP contribution < -0.4 is 5.32 Å². The lowest BCUT2D eigenvalue weighted by Gasteiger charge is -2.17. The molecular formula is C22H21NO4S. The van der Waals surface area contributed by atoms with Crippen molar-refractivity contribution in [2.75, 3.05) is 11.9 Å². The molecule has 0 aliphatic rings. The van der Waals surface area contributed by atoms with Gasteiger partial charge in [0, 0.05) is 21.4 Å². The number of rotatable bonds is 5. The van der Waals surface area contributed by atoms with Crippen LogP contribution in [0.25, 0.3) is 10.1 Å². The van der Waals surface area contributed by atoms with E-state index in [0.29, 0.717) is 16.1 Å². The number of anilines is 1. The van der Waals surface area contributed by atoms with Crippen LogP contribution in [0.2, 0.25) is 0 Å². The van der Waals surface area contributed by atoms with Crippen molar-refractivity contribution < 1.29 is 19.1 Å². The first kappa shape index (κ1) is 19.8. The number of amides is 1. The van der Waals surface area contributed by atoms with Crippen molar-refractivity contribution in [1.29, 1.82) is 0 Å². The predicted octanol–water partition coefficient (Wildman–Crippen LogP) is 4.93. The van der Waals surface area contributed by atoms with Crippen LogP contribution >= 0.6 is 11.3 Å². The van der Waals surface area contributed by atoms with E-state index in [4.69, 9.17) is 4.74 Å². The average Bonchev–Trinajstić information content (AvgIpc) is 3.10. The van der Waals surface area contributed by atoms with Gasteiger partial charge in [-0.3, -0.25) is 9.59 Å². The number of thiophene rings is 1. The molecule has 144 valence electrons. The van der Waals surface area contributed by atoms with E-state index in [-0.39, 0.29) is 18.3 Å². The number of ketones is 1. The summed E-state index contributed by atoms with van der Waals surface area (Å²) in [5.41, 5.74) is 0.520. The molecule has 0 atom stereocenters. The van der Waals surface area contributed by atoms with E-state index in [1.54, 1.807) is 30.3 Å². The normalized spacial score (nSPS) is 11.2. The van der Waals surface area contributed by atoms with Gasteiger partial charge in [0.1, 0.15) is 4.88 Å². The second kappa shape index (κ2) is 7.94. The molecule has 3 rings (SSSR count). The van der Waals surface area contributed by atoms with E-state index in [2.05, 4.69) is 5.32 Å². The van der Waals surface area contributed by atoms with Crippen LogP contribution in [0.1, 0.15) is 40.8 Å². The fourth-order valence-corrected chi connectivity index (χ4v) is 3.38. The molecule has 0 aliphatic carbocycles. The second-order valence-electron chi connectivity index (χ2n) is 7.43. The van der Waals surface area contributed by atoms with Gasteiger partial charge in [-0.25, -0.2) is 4.79 Å². The molecule has 0 unspecified atom stereocenters. The molecule has 28 heavy (non-hydrogen) atoms. The Morgan fingerprint density at radius 3 is 2.32 bits per heavy atom. The van der Waals surface area contributed by atoms with Gasteiger partial charge in [0.25, 0.3) is 0 Å². The van der Waals surface area contributed by atoms with Crippen LogP contribution in [0.4, 0.5) is 5.69 Å². The fraction of sp³-hybridized carbons (Fsp3) is 0.227. The standard InChI is InChI=1S/C22H21NO4S/c1-22(2,3)21(26)23-16-10-8-14(9-11-16)17(24)13-27-20(25)19-12-15-6-4-5-7-18(15)28-19/h4-12H,13H2,1-3H3,(H,23,26). The average molecular weight is 395 g/mol. The van der Waals surface area contributed by atoms with Gasteiger partial charge in [-0.05, 0) is 41.8 Å². The number of nitrogens with one attached hydrogen (secondary N) is 1. The Morgan fingerprint density at radius 1 is 1.00 bits per heavy atom. The Morgan fingerprint density at radius 2 is 1.68 bits per heavy atom. The minimum absolute atomic E-state index is 0.108. The predicted molar refractivity (Wildman–Crippen MR) is 111 cm³/mol. The Balaban J connectivity index is 1.58. The summed E-state index contributed by atoms with van der Waals surface area (Å²) in [6.45, 7) is 5.14. The minimum Gasteiger partial charge on any atom is -0.453 e. The van der Waals surface area contributed by atoms with Crippen LogP contribution in [0.5, 0.6) is 0 Å². The number of hydrogen-bond acceptors (Lipinski definition) is 5. The highest BCUT2D eigenvalue weighted by Gasteiger charge is 2.21. The summed E-state index contributed by atoms with van der Waals surface area (Å²) in [7, 11) is 0. The molecule has 0 aliphatic heterocycles. The van der Waals surface area contributed by atoms with Crippen molar-refractivity contribution >= 4 is 44.8 Å². The molecule has 0 fully saturated rings.